The van der Waals surface area contributed by atoms with Gasteiger partial charge in [-0.15, -0.1) is 12.4 Å². The van der Waals surface area contributed by atoms with Crippen LogP contribution in [0.5, 0.6) is 0 Å². The Kier molecular flexibility index (Phi) is 8.35. The van der Waals surface area contributed by atoms with E-state index in [-0.39, 0.29) is 18.2 Å². The second-order valence-electron chi connectivity index (χ2n) is 4.65. The van der Waals surface area contributed by atoms with Crippen LogP contribution in [0.4, 0.5) is 0 Å². The van der Waals surface area contributed by atoms with Crippen molar-refractivity contribution >= 4 is 24.3 Å². The number of hydrogen-bond acceptors (Lipinski definition) is 8. The highest BCUT2D eigenvalue weighted by Crippen LogP contribution is 2.22. The lowest BCUT2D eigenvalue weighted by Gasteiger charge is -2.38. The van der Waals surface area contributed by atoms with Crippen LogP contribution in [0.3, 0.4) is 0 Å². The molecule has 0 aliphatic carbocycles. The first kappa shape index (κ1) is 20.6. The van der Waals surface area contributed by atoms with Gasteiger partial charge >= 0.3 is 5.97 Å². The molecular weight excluding hydrogens is 320 g/mol. The molecule has 1 aliphatic heterocycles. The van der Waals surface area contributed by atoms with Gasteiger partial charge in [-0.05, 0) is 6.08 Å². The van der Waals surface area contributed by atoms with Crippen LogP contribution in [0.15, 0.2) is 11.8 Å². The molecule has 0 spiro atoms. The molecule has 1 amide bonds. The zero-order valence-electron chi connectivity index (χ0n) is 12.1. The summed E-state index contributed by atoms with van der Waals surface area (Å²) >= 11 is 0. The highest BCUT2D eigenvalue weighted by Gasteiger charge is 2.42. The number of amides is 1. The number of ether oxygens (including phenoxy) is 2. The van der Waals surface area contributed by atoms with E-state index in [1.54, 1.807) is 0 Å². The number of aliphatic hydroxyl groups excluding tert-OH is 3. The zero-order chi connectivity index (χ0) is 16.2. The molecular formula is C12H21ClN2O7. The van der Waals surface area contributed by atoms with E-state index >= 15 is 0 Å². The predicted octanol–water partition coefficient (Wildman–Crippen LogP) is -2.59. The molecule has 22 heavy (non-hydrogen) atoms. The van der Waals surface area contributed by atoms with Crippen LogP contribution in [0.1, 0.15) is 6.92 Å². The van der Waals surface area contributed by atoms with Gasteiger partial charge in [-0.2, -0.15) is 0 Å². The summed E-state index contributed by atoms with van der Waals surface area (Å²) in [6.07, 6.45) is -3.05. The Balaban J connectivity index is 0.00000441. The second kappa shape index (κ2) is 8.91. The molecule has 5 atom stereocenters. The van der Waals surface area contributed by atoms with Crippen molar-refractivity contribution in [2.24, 2.45) is 5.73 Å². The molecule has 0 aromatic carbocycles. The summed E-state index contributed by atoms with van der Waals surface area (Å²) in [6, 6.07) is -1.73. The summed E-state index contributed by atoms with van der Waals surface area (Å²) in [5, 5.41) is 30.9. The van der Waals surface area contributed by atoms with Crippen molar-refractivity contribution in [3.63, 3.8) is 0 Å². The standard InChI is InChI=1S/C12H20N2O7.ClH/c1-5(16)14-9-6(13)3-8(12(19)20-2)21-11(9)10(18)7(17)4-15;/h3,6-7,9-11,15,17-18H,4,13H2,1-2H3,(H,14,16);1H/t6-,7+,9+,10+,11+;/m0./s1. The van der Waals surface area contributed by atoms with Crippen molar-refractivity contribution in [2.75, 3.05) is 13.7 Å². The molecule has 128 valence electrons. The number of rotatable bonds is 5. The fraction of sp³-hybridized carbons (Fsp3) is 0.667. The molecule has 10 heteroatoms. The summed E-state index contributed by atoms with van der Waals surface area (Å²) in [6.45, 7) is 0.526. The Morgan fingerprint density at radius 2 is 2.09 bits per heavy atom. The van der Waals surface area contributed by atoms with E-state index < -0.39 is 48.9 Å². The number of carbonyl (C=O) groups excluding carboxylic acids is 2. The molecule has 1 rings (SSSR count). The Morgan fingerprint density at radius 3 is 2.55 bits per heavy atom. The number of carbonyl (C=O) groups is 2. The molecule has 0 radical (unpaired) electrons. The number of halogens is 1. The quantitative estimate of drug-likeness (QED) is 0.342. The molecule has 0 aromatic heterocycles. The number of nitrogens with two attached hydrogens (primary N) is 1. The zero-order valence-corrected chi connectivity index (χ0v) is 12.9. The molecule has 0 unspecified atom stereocenters. The van der Waals surface area contributed by atoms with E-state index in [4.69, 9.17) is 15.6 Å². The molecule has 1 heterocycles. The minimum Gasteiger partial charge on any atom is -0.478 e. The first-order valence-corrected chi connectivity index (χ1v) is 6.28. The van der Waals surface area contributed by atoms with Crippen molar-refractivity contribution in [2.45, 2.75) is 37.3 Å². The number of nitrogens with one attached hydrogen (secondary N) is 1. The average molecular weight is 341 g/mol. The van der Waals surface area contributed by atoms with Crippen LogP contribution in [0.2, 0.25) is 0 Å². The smallest absolute Gasteiger partial charge is 0.373 e. The Hall–Kier alpha value is -1.39. The maximum Gasteiger partial charge on any atom is 0.373 e. The van der Waals surface area contributed by atoms with Crippen molar-refractivity contribution in [1.82, 2.24) is 5.32 Å². The minimum absolute atomic E-state index is 0. The first-order valence-electron chi connectivity index (χ1n) is 6.28. The highest BCUT2D eigenvalue weighted by molar-refractivity contribution is 5.86. The van der Waals surface area contributed by atoms with Gasteiger partial charge in [0.15, 0.2) is 0 Å². The molecule has 0 saturated heterocycles. The average Bonchev–Trinajstić information content (AvgIpc) is 2.46. The van der Waals surface area contributed by atoms with Gasteiger partial charge in [0.2, 0.25) is 11.7 Å². The van der Waals surface area contributed by atoms with Crippen molar-refractivity contribution in [3.05, 3.63) is 11.8 Å². The Morgan fingerprint density at radius 1 is 1.50 bits per heavy atom. The molecule has 0 fully saturated rings. The van der Waals surface area contributed by atoms with Crippen LogP contribution in [-0.2, 0) is 19.1 Å². The Bertz CT molecular complexity index is 432. The van der Waals surface area contributed by atoms with E-state index in [0.29, 0.717) is 0 Å². The topological polar surface area (TPSA) is 151 Å². The normalized spacial score (nSPS) is 26.6. The monoisotopic (exact) mass is 340 g/mol. The van der Waals surface area contributed by atoms with Gasteiger partial charge in [0.1, 0.15) is 18.3 Å². The van der Waals surface area contributed by atoms with Gasteiger partial charge in [-0.1, -0.05) is 0 Å². The maximum absolute atomic E-state index is 11.5. The lowest BCUT2D eigenvalue weighted by molar-refractivity contribution is -0.148. The van der Waals surface area contributed by atoms with Gasteiger partial charge in [0.05, 0.1) is 25.8 Å². The van der Waals surface area contributed by atoms with E-state index in [0.717, 1.165) is 7.11 Å². The summed E-state index contributed by atoms with van der Waals surface area (Å²) in [5.74, 6) is -1.46. The van der Waals surface area contributed by atoms with Crippen LogP contribution < -0.4 is 11.1 Å². The molecule has 0 saturated carbocycles. The fourth-order valence-electron chi connectivity index (χ4n) is 2.00. The third kappa shape index (κ3) is 4.82. The third-order valence-electron chi connectivity index (χ3n) is 3.05. The van der Waals surface area contributed by atoms with Crippen LogP contribution in [0.25, 0.3) is 0 Å². The molecule has 0 aromatic rings. The first-order chi connectivity index (χ1) is 9.81. The lowest BCUT2D eigenvalue weighted by atomic mass is 9.92. The Labute approximate surface area is 133 Å². The van der Waals surface area contributed by atoms with Gasteiger partial charge in [-0.25, -0.2) is 4.79 Å². The number of esters is 1. The second-order valence-corrected chi connectivity index (χ2v) is 4.65. The van der Waals surface area contributed by atoms with Gasteiger partial charge < -0.3 is 35.8 Å². The van der Waals surface area contributed by atoms with Gasteiger partial charge in [-0.3, -0.25) is 4.79 Å². The summed E-state index contributed by atoms with van der Waals surface area (Å²) in [5.41, 5.74) is 5.85. The van der Waals surface area contributed by atoms with E-state index in [9.17, 15) is 19.8 Å². The molecule has 6 N–H and O–H groups in total. The van der Waals surface area contributed by atoms with Crippen molar-refractivity contribution < 1.29 is 34.4 Å². The molecule has 9 nitrogen and oxygen atoms in total. The summed E-state index contributed by atoms with van der Waals surface area (Å²) in [7, 11) is 1.14. The lowest BCUT2D eigenvalue weighted by Crippen LogP contribution is -2.62. The third-order valence-corrected chi connectivity index (χ3v) is 3.05. The molecule has 0 bridgehead atoms. The van der Waals surface area contributed by atoms with E-state index in [1.807, 2.05) is 0 Å². The number of methoxy groups -OCH3 is 1. The van der Waals surface area contributed by atoms with Crippen molar-refractivity contribution in [1.29, 1.82) is 0 Å². The number of hydrogen-bond donors (Lipinski definition) is 5. The van der Waals surface area contributed by atoms with E-state index in [2.05, 4.69) is 10.1 Å². The largest absolute Gasteiger partial charge is 0.478 e. The van der Waals surface area contributed by atoms with E-state index in [1.165, 1.54) is 13.0 Å². The van der Waals surface area contributed by atoms with Crippen LogP contribution in [0, 0.1) is 0 Å². The molecule has 1 aliphatic rings. The summed E-state index contributed by atoms with van der Waals surface area (Å²) in [4.78, 5) is 22.7. The maximum atomic E-state index is 11.5. The van der Waals surface area contributed by atoms with Crippen LogP contribution >= 0.6 is 12.4 Å². The van der Waals surface area contributed by atoms with Crippen molar-refractivity contribution in [3.8, 4) is 0 Å². The number of aliphatic hydroxyl groups is 3. The predicted molar refractivity (Wildman–Crippen MR) is 76.9 cm³/mol. The van der Waals surface area contributed by atoms with Gasteiger partial charge in [0.25, 0.3) is 0 Å². The fourth-order valence-corrected chi connectivity index (χ4v) is 2.00. The highest BCUT2D eigenvalue weighted by atomic mass is 35.5. The minimum atomic E-state index is -1.56. The van der Waals surface area contributed by atoms with Crippen LogP contribution in [-0.4, -0.2) is 71.3 Å². The van der Waals surface area contributed by atoms with Gasteiger partial charge in [0, 0.05) is 6.92 Å². The SMILES string of the molecule is COC(=O)C1=C[C@H](N)[C@@H](NC(C)=O)[C@H]([C@H](O)[C@H](O)CO)O1.Cl. The summed E-state index contributed by atoms with van der Waals surface area (Å²) < 4.78 is 9.78.